The fourth-order valence-electron chi connectivity index (χ4n) is 0.899. The number of hydrogen-bond acceptors (Lipinski definition) is 2. The van der Waals surface area contributed by atoms with E-state index in [9.17, 15) is 14.5 Å². The summed E-state index contributed by atoms with van der Waals surface area (Å²) in [5.41, 5.74) is -0.696. The fourth-order valence-corrected chi connectivity index (χ4v) is 1.77. The summed E-state index contributed by atoms with van der Waals surface area (Å²) in [5.74, 6) is -0.768. The van der Waals surface area contributed by atoms with Gasteiger partial charge in [0.2, 0.25) is 0 Å². The number of alkyl halides is 2. The molecule has 0 saturated carbocycles. The summed E-state index contributed by atoms with van der Waals surface area (Å²) in [6.45, 7) is 0. The molecule has 0 N–H and O–H groups in total. The van der Waals surface area contributed by atoms with Gasteiger partial charge in [0.1, 0.15) is 15.7 Å². The molecule has 7 heteroatoms. The standard InChI is InChI=1S/C7H3Cl3FNO2/c8-6-4(12(13)14)2-1-3(11)5(6)7(9)10/h1-2,7H. The number of benzene rings is 1. The van der Waals surface area contributed by atoms with Gasteiger partial charge in [0.25, 0.3) is 5.69 Å². The summed E-state index contributed by atoms with van der Waals surface area (Å²) in [6, 6.07) is 1.86. The predicted octanol–water partition coefficient (Wildman–Crippen LogP) is 3.86. The zero-order chi connectivity index (χ0) is 10.9. The van der Waals surface area contributed by atoms with E-state index in [1.54, 1.807) is 0 Å². The Balaban J connectivity index is 3.41. The second kappa shape index (κ2) is 4.29. The van der Waals surface area contributed by atoms with Crippen molar-refractivity contribution in [3.63, 3.8) is 0 Å². The summed E-state index contributed by atoms with van der Waals surface area (Å²) in [5, 5.41) is 10.1. The summed E-state index contributed by atoms with van der Waals surface area (Å²) in [6.07, 6.45) is 0. The Labute approximate surface area is 93.5 Å². The maximum atomic E-state index is 13.1. The van der Waals surface area contributed by atoms with Crippen LogP contribution in [0.5, 0.6) is 0 Å². The SMILES string of the molecule is O=[N+]([O-])c1ccc(F)c(C(Cl)Cl)c1Cl. The zero-order valence-electron chi connectivity index (χ0n) is 6.51. The van der Waals surface area contributed by atoms with Gasteiger partial charge in [-0.15, -0.1) is 0 Å². The summed E-state index contributed by atoms with van der Waals surface area (Å²) in [7, 11) is 0. The van der Waals surface area contributed by atoms with Crippen molar-refractivity contribution in [1.82, 2.24) is 0 Å². The van der Waals surface area contributed by atoms with Gasteiger partial charge >= 0.3 is 0 Å². The molecule has 0 aromatic heterocycles. The average molecular weight is 258 g/mol. The minimum Gasteiger partial charge on any atom is -0.258 e. The van der Waals surface area contributed by atoms with Crippen LogP contribution in [0.3, 0.4) is 0 Å². The topological polar surface area (TPSA) is 43.1 Å². The molecule has 1 rings (SSSR count). The van der Waals surface area contributed by atoms with Crippen molar-refractivity contribution in [2.24, 2.45) is 0 Å². The van der Waals surface area contributed by atoms with Gasteiger partial charge in [-0.05, 0) is 6.07 Å². The number of nitro groups is 1. The van der Waals surface area contributed by atoms with E-state index in [-0.39, 0.29) is 10.6 Å². The van der Waals surface area contributed by atoms with E-state index < -0.39 is 21.3 Å². The van der Waals surface area contributed by atoms with Crippen molar-refractivity contribution in [2.45, 2.75) is 4.84 Å². The third kappa shape index (κ3) is 2.08. The molecule has 0 aliphatic rings. The average Bonchev–Trinajstić information content (AvgIpc) is 2.02. The molecule has 0 fully saturated rings. The number of rotatable bonds is 2. The molecule has 14 heavy (non-hydrogen) atoms. The first kappa shape index (κ1) is 11.5. The van der Waals surface area contributed by atoms with E-state index in [0.717, 1.165) is 12.1 Å². The second-order valence-electron chi connectivity index (χ2n) is 2.35. The first-order valence-corrected chi connectivity index (χ1v) is 4.60. The molecule has 0 aliphatic heterocycles. The minimum atomic E-state index is -1.23. The third-order valence-electron chi connectivity index (χ3n) is 1.52. The van der Waals surface area contributed by atoms with E-state index >= 15 is 0 Å². The molecule has 0 radical (unpaired) electrons. The lowest BCUT2D eigenvalue weighted by atomic mass is 10.2. The highest BCUT2D eigenvalue weighted by Gasteiger charge is 2.23. The summed E-state index contributed by atoms with van der Waals surface area (Å²) >= 11 is 16.4. The molecule has 0 amide bonds. The number of hydrogen-bond donors (Lipinski definition) is 0. The van der Waals surface area contributed by atoms with Crippen LogP contribution in [0.15, 0.2) is 12.1 Å². The second-order valence-corrected chi connectivity index (χ2v) is 3.83. The molecule has 0 heterocycles. The lowest BCUT2D eigenvalue weighted by molar-refractivity contribution is -0.384. The van der Waals surface area contributed by atoms with E-state index in [2.05, 4.69) is 0 Å². The van der Waals surface area contributed by atoms with Crippen molar-refractivity contribution in [3.05, 3.63) is 38.7 Å². The Morgan fingerprint density at radius 3 is 2.43 bits per heavy atom. The third-order valence-corrected chi connectivity index (χ3v) is 2.35. The molecule has 0 unspecified atom stereocenters. The van der Waals surface area contributed by atoms with E-state index in [1.165, 1.54) is 0 Å². The molecule has 3 nitrogen and oxygen atoms in total. The van der Waals surface area contributed by atoms with E-state index in [1.807, 2.05) is 0 Å². The molecule has 0 spiro atoms. The van der Waals surface area contributed by atoms with Crippen molar-refractivity contribution in [2.75, 3.05) is 0 Å². The van der Waals surface area contributed by atoms with Crippen LogP contribution in [0.25, 0.3) is 0 Å². The summed E-state index contributed by atoms with van der Waals surface area (Å²) < 4.78 is 13.1. The van der Waals surface area contributed by atoms with Gasteiger partial charge in [-0.2, -0.15) is 0 Å². The zero-order valence-corrected chi connectivity index (χ0v) is 8.78. The van der Waals surface area contributed by atoms with Crippen LogP contribution in [0.4, 0.5) is 10.1 Å². The van der Waals surface area contributed by atoms with Crippen LogP contribution in [0.1, 0.15) is 10.4 Å². The Kier molecular flexibility index (Phi) is 3.53. The van der Waals surface area contributed by atoms with Gasteiger partial charge < -0.3 is 0 Å². The number of halogens is 4. The molecule has 1 aromatic carbocycles. The normalized spacial score (nSPS) is 10.6. The lowest BCUT2D eigenvalue weighted by Gasteiger charge is -2.05. The maximum absolute atomic E-state index is 13.1. The highest BCUT2D eigenvalue weighted by Crippen LogP contribution is 2.38. The summed E-state index contributed by atoms with van der Waals surface area (Å²) in [4.78, 5) is 8.45. The highest BCUT2D eigenvalue weighted by molar-refractivity contribution is 6.45. The molecular formula is C7H3Cl3FNO2. The molecule has 0 bridgehead atoms. The Morgan fingerprint density at radius 1 is 1.43 bits per heavy atom. The highest BCUT2D eigenvalue weighted by atomic mass is 35.5. The van der Waals surface area contributed by atoms with Crippen molar-refractivity contribution < 1.29 is 9.31 Å². The van der Waals surface area contributed by atoms with E-state index in [0.29, 0.717) is 0 Å². The first-order valence-electron chi connectivity index (χ1n) is 3.35. The smallest absolute Gasteiger partial charge is 0.258 e. The molecule has 76 valence electrons. The Hall–Kier alpha value is -0.580. The van der Waals surface area contributed by atoms with Gasteiger partial charge in [-0.1, -0.05) is 34.8 Å². The van der Waals surface area contributed by atoms with Crippen LogP contribution < -0.4 is 0 Å². The molecule has 0 saturated heterocycles. The predicted molar refractivity (Wildman–Crippen MR) is 52.5 cm³/mol. The molecule has 1 aromatic rings. The Bertz CT molecular complexity index is 383. The monoisotopic (exact) mass is 257 g/mol. The largest absolute Gasteiger partial charge is 0.288 e. The van der Waals surface area contributed by atoms with Crippen molar-refractivity contribution >= 4 is 40.5 Å². The molecule has 0 atom stereocenters. The van der Waals surface area contributed by atoms with Gasteiger partial charge in [-0.3, -0.25) is 10.1 Å². The quantitative estimate of drug-likeness (QED) is 0.459. The van der Waals surface area contributed by atoms with Crippen molar-refractivity contribution in [3.8, 4) is 0 Å². The van der Waals surface area contributed by atoms with Gasteiger partial charge in [0.05, 0.1) is 4.92 Å². The Morgan fingerprint density at radius 2 is 2.00 bits per heavy atom. The molecule has 0 aliphatic carbocycles. The van der Waals surface area contributed by atoms with Crippen LogP contribution in [0.2, 0.25) is 5.02 Å². The van der Waals surface area contributed by atoms with Crippen LogP contribution in [0, 0.1) is 15.9 Å². The van der Waals surface area contributed by atoms with Crippen LogP contribution >= 0.6 is 34.8 Å². The van der Waals surface area contributed by atoms with Gasteiger partial charge in [0, 0.05) is 11.6 Å². The van der Waals surface area contributed by atoms with Crippen LogP contribution in [-0.4, -0.2) is 4.92 Å². The lowest BCUT2D eigenvalue weighted by Crippen LogP contribution is -1.96. The fraction of sp³-hybridized carbons (Fsp3) is 0.143. The minimum absolute atomic E-state index is 0.274. The maximum Gasteiger partial charge on any atom is 0.288 e. The van der Waals surface area contributed by atoms with Crippen LogP contribution in [-0.2, 0) is 0 Å². The number of nitro benzene ring substituents is 1. The van der Waals surface area contributed by atoms with E-state index in [4.69, 9.17) is 34.8 Å². The first-order chi connectivity index (χ1) is 6.45. The van der Waals surface area contributed by atoms with Gasteiger partial charge in [0.15, 0.2) is 0 Å². The number of nitrogens with zero attached hydrogens (tertiary/aromatic N) is 1. The van der Waals surface area contributed by atoms with Gasteiger partial charge in [-0.25, -0.2) is 4.39 Å². The van der Waals surface area contributed by atoms with Crippen molar-refractivity contribution in [1.29, 1.82) is 0 Å². The molecular weight excluding hydrogens is 255 g/mol.